The average molecular weight is 738 g/mol. The molecular formula is C29H37N8O11S2+. The molecule has 1 fully saturated rings. The highest BCUT2D eigenvalue weighted by molar-refractivity contribution is 7.80. The number of nitrogens with one attached hydrogen (secondary N) is 1. The second kappa shape index (κ2) is 13.6. The topological polar surface area (TPSA) is 275 Å². The highest BCUT2D eigenvalue weighted by Crippen LogP contribution is 2.37. The van der Waals surface area contributed by atoms with E-state index in [1.165, 1.54) is 26.2 Å². The summed E-state index contributed by atoms with van der Waals surface area (Å²) in [6, 6.07) is 4.13. The van der Waals surface area contributed by atoms with Crippen molar-refractivity contribution in [2.45, 2.75) is 69.5 Å². The SMILES string of the molecule is C[n+]1cc(-c2ccc3c(c2)CC[C@H]([C@](C)(O/N=C(\C(=O)N[C@@H]2C(=O)N(OS(=O)(=O)O)C2(C)C)c2csc(N)n2)C(=O)O)O3)cn1C[C@H](O)CN. The van der Waals surface area contributed by atoms with Gasteiger partial charge in [0.25, 0.3) is 17.4 Å². The number of hydrogen-bond acceptors (Lipinski definition) is 14. The zero-order chi connectivity index (χ0) is 36.8. The Morgan fingerprint density at radius 2 is 2.06 bits per heavy atom. The number of fused-ring (bicyclic) bond motifs is 1. The molecule has 0 radical (unpaired) electrons. The van der Waals surface area contributed by atoms with Gasteiger partial charge < -0.3 is 36.6 Å². The maximum Gasteiger partial charge on any atom is 0.418 e. The average Bonchev–Trinajstić information content (AvgIpc) is 3.65. The van der Waals surface area contributed by atoms with Crippen LogP contribution < -0.4 is 26.2 Å². The van der Waals surface area contributed by atoms with Crippen LogP contribution in [0.5, 0.6) is 5.75 Å². The highest BCUT2D eigenvalue weighted by Gasteiger charge is 2.58. The fourth-order valence-corrected chi connectivity index (χ4v) is 6.54. The van der Waals surface area contributed by atoms with Crippen LogP contribution in [0.4, 0.5) is 5.13 Å². The van der Waals surface area contributed by atoms with Gasteiger partial charge in [-0.2, -0.15) is 18.2 Å². The number of carboxylic acid groups (broad SMARTS) is 1. The molecule has 1 aromatic carbocycles. The number of hydrogen-bond donors (Lipinski definition) is 6. The molecule has 21 heteroatoms. The van der Waals surface area contributed by atoms with E-state index >= 15 is 0 Å². The first-order valence-corrected chi connectivity index (χ1v) is 17.4. The van der Waals surface area contributed by atoms with Gasteiger partial charge >= 0.3 is 16.4 Å². The Hall–Kier alpha value is -4.67. The Labute approximate surface area is 289 Å². The number of aromatic nitrogens is 3. The summed E-state index contributed by atoms with van der Waals surface area (Å²) in [6.45, 7) is 4.42. The third-order valence-electron chi connectivity index (χ3n) is 8.49. The molecule has 2 aliphatic rings. The lowest BCUT2D eigenvalue weighted by Crippen LogP contribution is -2.76. The van der Waals surface area contributed by atoms with E-state index in [4.69, 9.17) is 25.6 Å². The molecule has 3 aromatic rings. The number of carboxylic acids is 1. The van der Waals surface area contributed by atoms with Crippen LogP contribution in [0.25, 0.3) is 11.1 Å². The molecule has 19 nitrogen and oxygen atoms in total. The van der Waals surface area contributed by atoms with Crippen LogP contribution in [-0.4, -0.2) is 97.3 Å². The fourth-order valence-electron chi connectivity index (χ4n) is 5.53. The molecule has 1 saturated heterocycles. The smallest absolute Gasteiger partial charge is 0.418 e. The summed E-state index contributed by atoms with van der Waals surface area (Å²) in [6.07, 6.45) is 2.64. The second-order valence-electron chi connectivity index (χ2n) is 12.5. The van der Waals surface area contributed by atoms with Crippen molar-refractivity contribution in [2.75, 3.05) is 12.3 Å². The van der Waals surface area contributed by atoms with Gasteiger partial charge in [0.1, 0.15) is 24.0 Å². The first-order valence-electron chi connectivity index (χ1n) is 15.1. The summed E-state index contributed by atoms with van der Waals surface area (Å²) in [4.78, 5) is 48.4. The number of aliphatic hydroxyl groups is 1. The summed E-state index contributed by atoms with van der Waals surface area (Å²) in [5.74, 6) is -3.03. The van der Waals surface area contributed by atoms with E-state index < -0.39 is 63.3 Å². The Morgan fingerprint density at radius 3 is 2.66 bits per heavy atom. The number of hydroxylamine groups is 2. The van der Waals surface area contributed by atoms with Crippen molar-refractivity contribution in [1.82, 2.24) is 20.0 Å². The molecule has 4 heterocycles. The number of aryl methyl sites for hydroxylation is 2. The number of carbonyl (C=O) groups is 3. The molecule has 0 bridgehead atoms. The molecule has 0 spiro atoms. The number of aliphatic carboxylic acids is 1. The Balaban J connectivity index is 1.36. The second-order valence-corrected chi connectivity index (χ2v) is 14.4. The van der Waals surface area contributed by atoms with Gasteiger partial charge in [-0.05, 0) is 56.9 Å². The normalized spacial score (nSPS) is 20.6. The summed E-state index contributed by atoms with van der Waals surface area (Å²) < 4.78 is 45.5. The molecule has 2 amide bonds. The van der Waals surface area contributed by atoms with Crippen molar-refractivity contribution in [3.8, 4) is 16.9 Å². The number of nitrogens with zero attached hydrogens (tertiary/aromatic N) is 5. The Kier molecular flexibility index (Phi) is 9.93. The molecule has 5 rings (SSSR count). The molecule has 2 aliphatic heterocycles. The van der Waals surface area contributed by atoms with Crippen LogP contribution in [0.2, 0.25) is 0 Å². The summed E-state index contributed by atoms with van der Waals surface area (Å²) in [5.41, 5.74) is 9.73. The predicted molar refractivity (Wildman–Crippen MR) is 175 cm³/mol. The number of amides is 2. The number of rotatable bonds is 13. The van der Waals surface area contributed by atoms with Crippen molar-refractivity contribution in [2.24, 2.45) is 17.9 Å². The molecule has 0 aliphatic carbocycles. The largest absolute Gasteiger partial charge is 0.485 e. The number of carbonyl (C=O) groups excluding carboxylic acids is 2. The predicted octanol–water partition coefficient (Wildman–Crippen LogP) is -0.864. The van der Waals surface area contributed by atoms with E-state index in [0.29, 0.717) is 23.8 Å². The highest BCUT2D eigenvalue weighted by atomic mass is 32.3. The van der Waals surface area contributed by atoms with Crippen LogP contribution in [0.1, 0.15) is 38.4 Å². The maximum absolute atomic E-state index is 13.5. The van der Waals surface area contributed by atoms with E-state index in [9.17, 15) is 33.0 Å². The fraction of sp³-hybridized carbons (Fsp3) is 0.448. The van der Waals surface area contributed by atoms with E-state index in [2.05, 4.69) is 19.7 Å². The van der Waals surface area contributed by atoms with E-state index in [1.54, 1.807) is 6.07 Å². The number of nitrogens with two attached hydrogens (primary N) is 2. The lowest BCUT2D eigenvalue weighted by molar-refractivity contribution is -0.754. The van der Waals surface area contributed by atoms with Crippen molar-refractivity contribution in [3.63, 3.8) is 0 Å². The van der Waals surface area contributed by atoms with Crippen molar-refractivity contribution >= 4 is 50.4 Å². The first-order chi connectivity index (χ1) is 23.3. The van der Waals surface area contributed by atoms with Crippen LogP contribution >= 0.6 is 11.3 Å². The van der Waals surface area contributed by atoms with Gasteiger partial charge in [0.05, 0.1) is 23.4 Å². The molecule has 4 atom stereocenters. The third kappa shape index (κ3) is 7.27. The zero-order valence-corrected chi connectivity index (χ0v) is 29.0. The molecule has 2 aromatic heterocycles. The minimum absolute atomic E-state index is 0.0549. The standard InChI is InChI=1S/C29H36N8O11S2/c1-28(2)23(25(40)37(28)48-50(43,44)45)33-24(39)22(19-14-49-27(31)32-19)34-47-29(3,26(41)42)21-8-6-16-9-15(5-7-20(16)46-21)17-11-35(4)36(12-17)13-18(38)10-30/h5,7,9,11-12,14,18,21,23,38H,6,8,10,13,30H2,1-4H3,(H4-,31,32,33,39,41,42,43,44,45)/p+1/b34-22-/t18-,21-,23-,29+/m1/s1. The van der Waals surface area contributed by atoms with Crippen LogP contribution in [0.3, 0.4) is 0 Å². The van der Waals surface area contributed by atoms with Crippen molar-refractivity contribution in [1.29, 1.82) is 0 Å². The van der Waals surface area contributed by atoms with Crippen LogP contribution in [0, 0.1) is 0 Å². The van der Waals surface area contributed by atoms with E-state index in [-0.39, 0.29) is 23.8 Å². The number of ether oxygens (including phenoxy) is 1. The summed E-state index contributed by atoms with van der Waals surface area (Å²) in [7, 11) is -3.19. The number of nitrogen functional groups attached to an aromatic ring is 1. The zero-order valence-electron chi connectivity index (χ0n) is 27.3. The minimum atomic E-state index is -5.03. The lowest BCUT2D eigenvalue weighted by Gasteiger charge is -2.50. The van der Waals surface area contributed by atoms with Crippen LogP contribution in [-0.2, 0) is 53.9 Å². The van der Waals surface area contributed by atoms with E-state index in [1.807, 2.05) is 40.9 Å². The quantitative estimate of drug-likeness (QED) is 0.0410. The van der Waals surface area contributed by atoms with Gasteiger partial charge in [-0.1, -0.05) is 11.2 Å². The van der Waals surface area contributed by atoms with Gasteiger partial charge in [0.15, 0.2) is 24.0 Å². The molecule has 0 unspecified atom stereocenters. The molecule has 50 heavy (non-hydrogen) atoms. The number of β-lactam (4-membered cyclic amide) rings is 1. The minimum Gasteiger partial charge on any atom is -0.485 e. The Bertz CT molecular complexity index is 1960. The van der Waals surface area contributed by atoms with Crippen molar-refractivity contribution in [3.05, 3.63) is 47.2 Å². The molecule has 0 saturated carbocycles. The first kappa shape index (κ1) is 36.6. The van der Waals surface area contributed by atoms with Gasteiger partial charge in [0.2, 0.25) is 6.20 Å². The van der Waals surface area contributed by atoms with Crippen LogP contribution in [0.15, 0.2) is 41.1 Å². The monoisotopic (exact) mass is 737 g/mol. The molecule has 270 valence electrons. The number of benzene rings is 1. The third-order valence-corrected chi connectivity index (χ3v) is 9.51. The summed E-state index contributed by atoms with van der Waals surface area (Å²) >= 11 is 0.962. The number of oxime groups is 1. The number of aliphatic hydroxyl groups excluding tert-OH is 1. The van der Waals surface area contributed by atoms with E-state index in [0.717, 1.165) is 28.0 Å². The summed E-state index contributed by atoms with van der Waals surface area (Å²) in [5, 5.41) is 28.4. The van der Waals surface area contributed by atoms with Gasteiger partial charge in [-0.15, -0.1) is 20.3 Å². The molecular weight excluding hydrogens is 700 g/mol. The van der Waals surface area contributed by atoms with Crippen molar-refractivity contribution < 1.29 is 56.1 Å². The van der Waals surface area contributed by atoms with Gasteiger partial charge in [-0.3, -0.25) is 14.1 Å². The van der Waals surface area contributed by atoms with Gasteiger partial charge in [0, 0.05) is 11.9 Å². The van der Waals surface area contributed by atoms with Gasteiger partial charge in [-0.25, -0.2) is 9.78 Å². The molecule has 8 N–H and O–H groups in total. The lowest BCUT2D eigenvalue weighted by atomic mass is 9.84. The number of thiazole rings is 1. The number of anilines is 1. The maximum atomic E-state index is 13.5. The Morgan fingerprint density at radius 1 is 1.34 bits per heavy atom.